The number of methoxy groups -OCH3 is 1. The van der Waals surface area contributed by atoms with Gasteiger partial charge in [0.05, 0.1) is 17.8 Å². The van der Waals surface area contributed by atoms with Crippen LogP contribution in [0.4, 0.5) is 0 Å². The Balaban J connectivity index is 1.81. The molecule has 2 aromatic rings. The summed E-state index contributed by atoms with van der Waals surface area (Å²) < 4.78 is 10.9. The highest BCUT2D eigenvalue weighted by Crippen LogP contribution is 2.26. The first-order valence-corrected chi connectivity index (χ1v) is 7.96. The van der Waals surface area contributed by atoms with E-state index in [9.17, 15) is 4.79 Å². The zero-order valence-corrected chi connectivity index (χ0v) is 13.8. The third-order valence-electron chi connectivity index (χ3n) is 3.09. The van der Waals surface area contributed by atoms with Crippen LogP contribution in [-0.4, -0.2) is 30.6 Å². The number of nitrogens with one attached hydrogen (secondary N) is 1. The minimum atomic E-state index is -0.589. The molecule has 0 bridgehead atoms. The first-order valence-electron chi connectivity index (χ1n) is 7.08. The van der Waals surface area contributed by atoms with Crippen LogP contribution in [0.25, 0.3) is 0 Å². The van der Waals surface area contributed by atoms with E-state index in [4.69, 9.17) is 9.47 Å². The van der Waals surface area contributed by atoms with Crippen molar-refractivity contribution in [3.8, 4) is 11.5 Å². The standard InChI is InChI=1S/C16H20N2O3S/c1-11(21-15-7-5-4-6-14(15)20-3)16(19)17-9-8-13-10-22-12(2)18-13/h4-7,10-11H,8-9H2,1-3H3,(H,17,19)/t11-/m0/s1. The molecule has 5 nitrogen and oxygen atoms in total. The average Bonchev–Trinajstić information content (AvgIpc) is 2.93. The third kappa shape index (κ3) is 4.46. The van der Waals surface area contributed by atoms with Crippen molar-refractivity contribution in [3.63, 3.8) is 0 Å². The molecule has 0 fully saturated rings. The number of hydrogen-bond donors (Lipinski definition) is 1. The van der Waals surface area contributed by atoms with E-state index in [-0.39, 0.29) is 5.91 Å². The molecule has 0 radical (unpaired) electrons. The quantitative estimate of drug-likeness (QED) is 0.852. The molecule has 118 valence electrons. The Morgan fingerprint density at radius 2 is 2.09 bits per heavy atom. The van der Waals surface area contributed by atoms with E-state index in [0.717, 1.165) is 17.1 Å². The number of benzene rings is 1. The van der Waals surface area contributed by atoms with Crippen molar-refractivity contribution in [2.75, 3.05) is 13.7 Å². The van der Waals surface area contributed by atoms with Gasteiger partial charge in [-0.1, -0.05) is 12.1 Å². The average molecular weight is 320 g/mol. The van der Waals surface area contributed by atoms with Gasteiger partial charge >= 0.3 is 0 Å². The second kappa shape index (κ2) is 7.79. The highest BCUT2D eigenvalue weighted by atomic mass is 32.1. The van der Waals surface area contributed by atoms with Gasteiger partial charge in [0.25, 0.3) is 5.91 Å². The number of rotatable bonds is 7. The molecule has 1 heterocycles. The molecule has 0 spiro atoms. The van der Waals surface area contributed by atoms with E-state index in [1.54, 1.807) is 37.5 Å². The number of ether oxygens (including phenoxy) is 2. The van der Waals surface area contributed by atoms with E-state index >= 15 is 0 Å². The Morgan fingerprint density at radius 1 is 1.36 bits per heavy atom. The smallest absolute Gasteiger partial charge is 0.260 e. The summed E-state index contributed by atoms with van der Waals surface area (Å²) in [6, 6.07) is 7.27. The molecule has 2 rings (SSSR count). The van der Waals surface area contributed by atoms with Gasteiger partial charge in [-0.3, -0.25) is 4.79 Å². The first kappa shape index (κ1) is 16.3. The van der Waals surface area contributed by atoms with Gasteiger partial charge in [-0.25, -0.2) is 4.98 Å². The molecule has 1 aromatic carbocycles. The molecule has 22 heavy (non-hydrogen) atoms. The molecular formula is C16H20N2O3S. The van der Waals surface area contributed by atoms with Crippen molar-refractivity contribution >= 4 is 17.2 Å². The summed E-state index contributed by atoms with van der Waals surface area (Å²) in [5.74, 6) is 1.01. The molecule has 1 aromatic heterocycles. The lowest BCUT2D eigenvalue weighted by Crippen LogP contribution is -2.37. The van der Waals surface area contributed by atoms with Crippen LogP contribution in [0.2, 0.25) is 0 Å². The summed E-state index contributed by atoms with van der Waals surface area (Å²) in [4.78, 5) is 16.4. The van der Waals surface area contributed by atoms with Gasteiger partial charge in [-0.15, -0.1) is 11.3 Å². The second-order valence-electron chi connectivity index (χ2n) is 4.81. The monoisotopic (exact) mass is 320 g/mol. The maximum Gasteiger partial charge on any atom is 0.260 e. The van der Waals surface area contributed by atoms with Crippen molar-refractivity contribution < 1.29 is 14.3 Å². The topological polar surface area (TPSA) is 60.5 Å². The summed E-state index contributed by atoms with van der Waals surface area (Å²) in [7, 11) is 1.57. The molecule has 1 amide bonds. The third-order valence-corrected chi connectivity index (χ3v) is 3.91. The lowest BCUT2D eigenvalue weighted by molar-refractivity contribution is -0.127. The van der Waals surface area contributed by atoms with Crippen LogP contribution < -0.4 is 14.8 Å². The number of thiazole rings is 1. The Bertz CT molecular complexity index is 627. The summed E-state index contributed by atoms with van der Waals surface area (Å²) in [5, 5.41) is 5.90. The van der Waals surface area contributed by atoms with Crippen LogP contribution in [0.1, 0.15) is 17.6 Å². The minimum Gasteiger partial charge on any atom is -0.493 e. The Morgan fingerprint density at radius 3 is 2.73 bits per heavy atom. The maximum atomic E-state index is 12.0. The van der Waals surface area contributed by atoms with E-state index in [0.29, 0.717) is 18.0 Å². The fraction of sp³-hybridized carbons (Fsp3) is 0.375. The van der Waals surface area contributed by atoms with Gasteiger partial charge in [-0.05, 0) is 26.0 Å². The number of nitrogens with zero attached hydrogens (tertiary/aromatic N) is 1. The van der Waals surface area contributed by atoms with Crippen molar-refractivity contribution in [1.82, 2.24) is 10.3 Å². The molecule has 0 saturated carbocycles. The molecule has 6 heteroatoms. The summed E-state index contributed by atoms with van der Waals surface area (Å²) in [6.45, 7) is 4.23. The molecule has 1 N–H and O–H groups in total. The first-order chi connectivity index (χ1) is 10.6. The molecule has 0 aliphatic carbocycles. The number of para-hydroxylation sites is 2. The predicted octanol–water partition coefficient (Wildman–Crippen LogP) is 2.59. The van der Waals surface area contributed by atoms with E-state index in [1.165, 1.54) is 0 Å². The fourth-order valence-electron chi connectivity index (χ4n) is 1.94. The van der Waals surface area contributed by atoms with Crippen LogP contribution in [0.15, 0.2) is 29.6 Å². The lowest BCUT2D eigenvalue weighted by atomic mass is 10.3. The summed E-state index contributed by atoms with van der Waals surface area (Å²) in [6.07, 6.45) is 0.130. The number of carbonyl (C=O) groups is 1. The number of amides is 1. The fourth-order valence-corrected chi connectivity index (χ4v) is 2.59. The largest absolute Gasteiger partial charge is 0.493 e. The maximum absolute atomic E-state index is 12.0. The van der Waals surface area contributed by atoms with Gasteiger partial charge in [0.1, 0.15) is 0 Å². The molecule has 0 saturated heterocycles. The zero-order valence-electron chi connectivity index (χ0n) is 13.0. The number of carbonyl (C=O) groups excluding carboxylic acids is 1. The zero-order chi connectivity index (χ0) is 15.9. The normalized spacial score (nSPS) is 11.8. The van der Waals surface area contributed by atoms with Gasteiger partial charge in [0, 0.05) is 18.3 Å². The Hall–Kier alpha value is -2.08. The van der Waals surface area contributed by atoms with Gasteiger partial charge in [0.15, 0.2) is 17.6 Å². The molecule has 0 aliphatic heterocycles. The number of aryl methyl sites for hydroxylation is 1. The van der Waals surface area contributed by atoms with Crippen molar-refractivity contribution in [3.05, 3.63) is 40.3 Å². The van der Waals surface area contributed by atoms with Crippen molar-refractivity contribution in [1.29, 1.82) is 0 Å². The highest BCUT2D eigenvalue weighted by Gasteiger charge is 2.16. The number of aromatic nitrogens is 1. The Kier molecular flexibility index (Phi) is 5.77. The van der Waals surface area contributed by atoms with Crippen LogP contribution in [0.5, 0.6) is 11.5 Å². The molecule has 0 aliphatic rings. The minimum absolute atomic E-state index is 0.155. The molecule has 1 atom stereocenters. The lowest BCUT2D eigenvalue weighted by Gasteiger charge is -2.16. The Labute approximate surface area is 134 Å². The summed E-state index contributed by atoms with van der Waals surface area (Å²) >= 11 is 1.61. The van der Waals surface area contributed by atoms with Gasteiger partial charge in [-0.2, -0.15) is 0 Å². The van der Waals surface area contributed by atoms with Crippen LogP contribution in [0, 0.1) is 6.92 Å². The number of hydrogen-bond acceptors (Lipinski definition) is 5. The van der Waals surface area contributed by atoms with Crippen molar-refractivity contribution in [2.45, 2.75) is 26.4 Å². The van der Waals surface area contributed by atoms with E-state index < -0.39 is 6.10 Å². The molecular weight excluding hydrogens is 300 g/mol. The van der Waals surface area contributed by atoms with E-state index in [2.05, 4.69) is 10.3 Å². The van der Waals surface area contributed by atoms with Crippen LogP contribution in [0.3, 0.4) is 0 Å². The highest BCUT2D eigenvalue weighted by molar-refractivity contribution is 7.09. The van der Waals surface area contributed by atoms with Crippen LogP contribution >= 0.6 is 11.3 Å². The SMILES string of the molecule is COc1ccccc1O[C@@H](C)C(=O)NCCc1csc(C)n1. The van der Waals surface area contributed by atoms with Gasteiger partial charge in [0.2, 0.25) is 0 Å². The summed E-state index contributed by atoms with van der Waals surface area (Å²) in [5.41, 5.74) is 1.00. The molecule has 0 unspecified atom stereocenters. The van der Waals surface area contributed by atoms with Crippen molar-refractivity contribution in [2.24, 2.45) is 0 Å². The van der Waals surface area contributed by atoms with Gasteiger partial charge < -0.3 is 14.8 Å². The predicted molar refractivity (Wildman–Crippen MR) is 86.6 cm³/mol. The van der Waals surface area contributed by atoms with Crippen LogP contribution in [-0.2, 0) is 11.2 Å². The second-order valence-corrected chi connectivity index (χ2v) is 5.87. The van der Waals surface area contributed by atoms with E-state index in [1.807, 2.05) is 24.4 Å².